The lowest BCUT2D eigenvalue weighted by molar-refractivity contribution is 0.165. The van der Waals surface area contributed by atoms with E-state index in [1.807, 2.05) is 6.08 Å². The fraction of sp³-hybridized carbons (Fsp3) is 0.727. The molecule has 2 heteroatoms. The highest BCUT2D eigenvalue weighted by Gasteiger charge is 2.18. The van der Waals surface area contributed by atoms with E-state index in [1.54, 1.807) is 0 Å². The summed E-state index contributed by atoms with van der Waals surface area (Å²) in [5.41, 5.74) is 0. The second-order valence-electron chi connectivity index (χ2n) is 3.64. The van der Waals surface area contributed by atoms with Gasteiger partial charge in [-0.2, -0.15) is 5.26 Å². The number of hydrogen-bond acceptors (Lipinski definition) is 2. The van der Waals surface area contributed by atoms with Crippen LogP contribution in [0.15, 0.2) is 12.7 Å². The van der Waals surface area contributed by atoms with E-state index in [1.165, 1.54) is 32.4 Å². The smallest absolute Gasteiger partial charge is 0.0638 e. The highest BCUT2D eigenvalue weighted by Crippen LogP contribution is 2.16. The molecule has 1 aliphatic rings. The Morgan fingerprint density at radius 1 is 1.38 bits per heavy atom. The monoisotopic (exact) mass is 178 g/mol. The minimum absolute atomic E-state index is 0.419. The molecule has 0 aromatic rings. The standard InChI is InChI=1S/C11H18N2/c1-2-6-11(7-8-12)13-9-4-3-5-10-13/h2,11H,1,3-7,9-10H2. The number of nitrogens with zero attached hydrogens (tertiary/aromatic N) is 2. The van der Waals surface area contributed by atoms with Crippen LogP contribution in [0, 0.1) is 11.3 Å². The molecule has 0 saturated carbocycles. The molecule has 13 heavy (non-hydrogen) atoms. The first-order chi connectivity index (χ1) is 6.38. The molecule has 2 nitrogen and oxygen atoms in total. The largest absolute Gasteiger partial charge is 0.299 e. The molecule has 0 N–H and O–H groups in total. The van der Waals surface area contributed by atoms with Gasteiger partial charge in [0.15, 0.2) is 0 Å². The van der Waals surface area contributed by atoms with Crippen LogP contribution in [-0.2, 0) is 0 Å². The lowest BCUT2D eigenvalue weighted by atomic mass is 10.0. The Kier molecular flexibility index (Phi) is 4.56. The third-order valence-corrected chi connectivity index (χ3v) is 2.67. The average Bonchev–Trinajstić information content (AvgIpc) is 2.19. The third-order valence-electron chi connectivity index (χ3n) is 2.67. The van der Waals surface area contributed by atoms with Gasteiger partial charge in [-0.3, -0.25) is 4.90 Å². The van der Waals surface area contributed by atoms with E-state index in [9.17, 15) is 0 Å². The number of rotatable bonds is 4. The maximum Gasteiger partial charge on any atom is 0.0638 e. The van der Waals surface area contributed by atoms with Crippen molar-refractivity contribution in [3.63, 3.8) is 0 Å². The van der Waals surface area contributed by atoms with Gasteiger partial charge in [0.25, 0.3) is 0 Å². The minimum Gasteiger partial charge on any atom is -0.299 e. The molecular formula is C11H18N2. The van der Waals surface area contributed by atoms with Gasteiger partial charge >= 0.3 is 0 Å². The van der Waals surface area contributed by atoms with Crippen LogP contribution in [0.4, 0.5) is 0 Å². The van der Waals surface area contributed by atoms with Crippen molar-refractivity contribution < 1.29 is 0 Å². The fourth-order valence-electron chi connectivity index (χ4n) is 1.94. The van der Waals surface area contributed by atoms with E-state index >= 15 is 0 Å². The van der Waals surface area contributed by atoms with E-state index in [-0.39, 0.29) is 0 Å². The van der Waals surface area contributed by atoms with Crippen molar-refractivity contribution in [3.05, 3.63) is 12.7 Å². The summed E-state index contributed by atoms with van der Waals surface area (Å²) in [6.45, 7) is 6.08. The lowest BCUT2D eigenvalue weighted by Gasteiger charge is -2.32. The van der Waals surface area contributed by atoms with E-state index in [0.717, 1.165) is 6.42 Å². The van der Waals surface area contributed by atoms with Crippen molar-refractivity contribution in [2.45, 2.75) is 38.1 Å². The van der Waals surface area contributed by atoms with Crippen LogP contribution in [0.5, 0.6) is 0 Å². The molecule has 1 aliphatic heterocycles. The zero-order chi connectivity index (χ0) is 9.52. The van der Waals surface area contributed by atoms with Gasteiger partial charge in [-0.1, -0.05) is 12.5 Å². The van der Waals surface area contributed by atoms with Crippen LogP contribution in [0.1, 0.15) is 32.1 Å². The Morgan fingerprint density at radius 3 is 2.62 bits per heavy atom. The van der Waals surface area contributed by atoms with Crippen molar-refractivity contribution in [2.24, 2.45) is 0 Å². The summed E-state index contributed by atoms with van der Waals surface area (Å²) in [6.07, 6.45) is 7.46. The maximum atomic E-state index is 8.68. The number of piperidine rings is 1. The molecule has 1 rings (SSSR count). The van der Waals surface area contributed by atoms with Gasteiger partial charge in [0, 0.05) is 6.04 Å². The van der Waals surface area contributed by atoms with Crippen LogP contribution in [-0.4, -0.2) is 24.0 Å². The molecule has 1 fully saturated rings. The molecule has 0 aromatic carbocycles. The van der Waals surface area contributed by atoms with Crippen LogP contribution in [0.3, 0.4) is 0 Å². The average molecular weight is 178 g/mol. The summed E-state index contributed by atoms with van der Waals surface area (Å²) in [7, 11) is 0. The lowest BCUT2D eigenvalue weighted by Crippen LogP contribution is -2.38. The summed E-state index contributed by atoms with van der Waals surface area (Å²) >= 11 is 0. The quantitative estimate of drug-likeness (QED) is 0.618. The zero-order valence-electron chi connectivity index (χ0n) is 8.21. The van der Waals surface area contributed by atoms with Crippen molar-refractivity contribution in [3.8, 4) is 6.07 Å². The van der Waals surface area contributed by atoms with Crippen LogP contribution in [0.2, 0.25) is 0 Å². The van der Waals surface area contributed by atoms with Gasteiger partial charge in [0.2, 0.25) is 0 Å². The molecule has 0 aliphatic carbocycles. The van der Waals surface area contributed by atoms with E-state index in [4.69, 9.17) is 5.26 Å². The Balaban J connectivity index is 2.41. The normalized spacial score (nSPS) is 20.5. The highest BCUT2D eigenvalue weighted by atomic mass is 15.2. The second-order valence-corrected chi connectivity index (χ2v) is 3.64. The Morgan fingerprint density at radius 2 is 2.08 bits per heavy atom. The molecular weight excluding hydrogens is 160 g/mol. The van der Waals surface area contributed by atoms with Crippen LogP contribution >= 0.6 is 0 Å². The highest BCUT2D eigenvalue weighted by molar-refractivity contribution is 4.88. The molecule has 0 amide bonds. The van der Waals surface area contributed by atoms with Gasteiger partial charge in [-0.05, 0) is 32.4 Å². The van der Waals surface area contributed by atoms with Crippen molar-refractivity contribution >= 4 is 0 Å². The molecule has 1 heterocycles. The number of nitriles is 1. The summed E-state index contributed by atoms with van der Waals surface area (Å²) in [4.78, 5) is 2.44. The van der Waals surface area contributed by atoms with Gasteiger partial charge in [-0.25, -0.2) is 0 Å². The number of hydrogen-bond donors (Lipinski definition) is 0. The molecule has 0 spiro atoms. The van der Waals surface area contributed by atoms with Gasteiger partial charge in [-0.15, -0.1) is 6.58 Å². The van der Waals surface area contributed by atoms with E-state index in [2.05, 4.69) is 17.5 Å². The van der Waals surface area contributed by atoms with Crippen LogP contribution in [0.25, 0.3) is 0 Å². The summed E-state index contributed by atoms with van der Waals surface area (Å²) in [6, 6.07) is 2.68. The molecule has 0 bridgehead atoms. The SMILES string of the molecule is C=CCC(CC#N)N1CCCCC1. The molecule has 1 atom stereocenters. The molecule has 72 valence electrons. The van der Waals surface area contributed by atoms with Gasteiger partial charge < -0.3 is 0 Å². The van der Waals surface area contributed by atoms with Crippen molar-refractivity contribution in [1.29, 1.82) is 5.26 Å². The first-order valence-corrected chi connectivity index (χ1v) is 5.10. The summed E-state index contributed by atoms with van der Waals surface area (Å²) in [5, 5.41) is 8.68. The Labute approximate surface area is 80.8 Å². The minimum atomic E-state index is 0.419. The zero-order valence-corrected chi connectivity index (χ0v) is 8.21. The van der Waals surface area contributed by atoms with E-state index in [0.29, 0.717) is 12.5 Å². The second kappa shape index (κ2) is 5.77. The summed E-state index contributed by atoms with van der Waals surface area (Å²) in [5.74, 6) is 0. The van der Waals surface area contributed by atoms with Crippen LogP contribution < -0.4 is 0 Å². The first-order valence-electron chi connectivity index (χ1n) is 5.10. The molecule has 0 radical (unpaired) electrons. The summed E-state index contributed by atoms with van der Waals surface area (Å²) < 4.78 is 0. The Hall–Kier alpha value is -0.810. The van der Waals surface area contributed by atoms with Crippen molar-refractivity contribution in [1.82, 2.24) is 4.90 Å². The van der Waals surface area contributed by atoms with Crippen molar-refractivity contribution in [2.75, 3.05) is 13.1 Å². The topological polar surface area (TPSA) is 27.0 Å². The molecule has 1 unspecified atom stereocenters. The maximum absolute atomic E-state index is 8.68. The number of likely N-dealkylation sites (tertiary alicyclic amines) is 1. The fourth-order valence-corrected chi connectivity index (χ4v) is 1.94. The predicted octanol–water partition coefficient (Wildman–Crippen LogP) is 2.33. The van der Waals surface area contributed by atoms with E-state index < -0.39 is 0 Å². The molecule has 0 aromatic heterocycles. The van der Waals surface area contributed by atoms with Gasteiger partial charge in [0.1, 0.15) is 0 Å². The predicted molar refractivity (Wildman–Crippen MR) is 54.3 cm³/mol. The first kappa shape index (κ1) is 10.3. The van der Waals surface area contributed by atoms with Gasteiger partial charge in [0.05, 0.1) is 12.5 Å². The molecule has 1 saturated heterocycles. The third kappa shape index (κ3) is 3.20. The Bertz CT molecular complexity index is 187.